The average Bonchev–Trinajstić information content (AvgIpc) is 2.53. The van der Waals surface area contributed by atoms with E-state index in [4.69, 9.17) is 9.47 Å². The van der Waals surface area contributed by atoms with Crippen LogP contribution in [0.3, 0.4) is 0 Å². The predicted octanol–water partition coefficient (Wildman–Crippen LogP) is 3.72. The Morgan fingerprint density at radius 2 is 1.80 bits per heavy atom. The lowest BCUT2D eigenvalue weighted by Gasteiger charge is -2.14. The minimum atomic E-state index is -0.466. The lowest BCUT2D eigenvalue weighted by atomic mass is 10.1. The maximum atomic E-state index is 9.85. The third kappa shape index (κ3) is 3.52. The zero-order chi connectivity index (χ0) is 14.4. The standard InChI is InChI=1S/C17H20O3/c1-3-15(18)14-9-10-16(17(11-14)19-2)20-12-13-7-5-4-6-8-13/h4-11,15,18H,3,12H2,1-2H3. The summed E-state index contributed by atoms with van der Waals surface area (Å²) in [4.78, 5) is 0. The van der Waals surface area contributed by atoms with Crippen molar-refractivity contribution < 1.29 is 14.6 Å². The van der Waals surface area contributed by atoms with Gasteiger partial charge in [-0.3, -0.25) is 0 Å². The minimum absolute atomic E-state index is 0.466. The Labute approximate surface area is 119 Å². The van der Waals surface area contributed by atoms with Crippen molar-refractivity contribution in [3.63, 3.8) is 0 Å². The Balaban J connectivity index is 2.11. The molecule has 0 aromatic heterocycles. The molecule has 0 aliphatic heterocycles. The van der Waals surface area contributed by atoms with Crippen molar-refractivity contribution >= 4 is 0 Å². The number of hydrogen-bond donors (Lipinski definition) is 1. The molecule has 0 aliphatic rings. The van der Waals surface area contributed by atoms with Crippen molar-refractivity contribution in [3.8, 4) is 11.5 Å². The monoisotopic (exact) mass is 272 g/mol. The summed E-state index contributed by atoms with van der Waals surface area (Å²) in [6.07, 6.45) is 0.208. The molecule has 0 amide bonds. The van der Waals surface area contributed by atoms with Crippen LogP contribution >= 0.6 is 0 Å². The van der Waals surface area contributed by atoms with Crippen molar-refractivity contribution in [2.75, 3.05) is 7.11 Å². The van der Waals surface area contributed by atoms with Crippen LogP contribution in [0.15, 0.2) is 48.5 Å². The number of rotatable bonds is 6. The highest BCUT2D eigenvalue weighted by molar-refractivity contribution is 5.43. The molecule has 3 nitrogen and oxygen atoms in total. The molecule has 0 saturated carbocycles. The van der Waals surface area contributed by atoms with Gasteiger partial charge in [-0.2, -0.15) is 0 Å². The van der Waals surface area contributed by atoms with Gasteiger partial charge in [-0.25, -0.2) is 0 Å². The van der Waals surface area contributed by atoms with E-state index in [1.54, 1.807) is 7.11 Å². The molecule has 0 radical (unpaired) electrons. The number of benzene rings is 2. The largest absolute Gasteiger partial charge is 0.493 e. The molecule has 1 N–H and O–H groups in total. The first-order valence-electron chi connectivity index (χ1n) is 6.77. The second kappa shape index (κ2) is 6.96. The van der Waals surface area contributed by atoms with Gasteiger partial charge in [0.15, 0.2) is 11.5 Å². The number of aliphatic hydroxyl groups excluding tert-OH is 1. The van der Waals surface area contributed by atoms with Gasteiger partial charge in [0.2, 0.25) is 0 Å². The molecule has 0 saturated heterocycles. The molecule has 106 valence electrons. The van der Waals surface area contributed by atoms with Gasteiger partial charge < -0.3 is 14.6 Å². The van der Waals surface area contributed by atoms with Gasteiger partial charge in [0.25, 0.3) is 0 Å². The van der Waals surface area contributed by atoms with Gasteiger partial charge in [-0.1, -0.05) is 43.3 Å². The van der Waals surface area contributed by atoms with E-state index >= 15 is 0 Å². The topological polar surface area (TPSA) is 38.7 Å². The van der Waals surface area contributed by atoms with Crippen molar-refractivity contribution in [3.05, 3.63) is 59.7 Å². The second-order valence-electron chi connectivity index (χ2n) is 4.61. The summed E-state index contributed by atoms with van der Waals surface area (Å²) in [7, 11) is 1.60. The third-order valence-electron chi connectivity index (χ3n) is 3.20. The fraction of sp³-hybridized carbons (Fsp3) is 0.294. The number of ether oxygens (including phenoxy) is 2. The fourth-order valence-corrected chi connectivity index (χ4v) is 1.98. The van der Waals surface area contributed by atoms with E-state index in [1.807, 2.05) is 55.5 Å². The van der Waals surface area contributed by atoms with E-state index in [0.717, 1.165) is 11.1 Å². The Hall–Kier alpha value is -2.00. The van der Waals surface area contributed by atoms with Crippen LogP contribution in [0.25, 0.3) is 0 Å². The van der Waals surface area contributed by atoms with Crippen LogP contribution in [0.4, 0.5) is 0 Å². The van der Waals surface area contributed by atoms with Crippen LogP contribution in [-0.2, 0) is 6.61 Å². The van der Waals surface area contributed by atoms with Crippen LogP contribution in [0.2, 0.25) is 0 Å². The van der Waals surface area contributed by atoms with Crippen LogP contribution in [0.1, 0.15) is 30.6 Å². The summed E-state index contributed by atoms with van der Waals surface area (Å²) < 4.78 is 11.1. The summed E-state index contributed by atoms with van der Waals surface area (Å²) in [6.45, 7) is 2.43. The first kappa shape index (κ1) is 14.4. The van der Waals surface area contributed by atoms with E-state index in [9.17, 15) is 5.11 Å². The van der Waals surface area contributed by atoms with Gasteiger partial charge in [-0.05, 0) is 29.7 Å². The van der Waals surface area contributed by atoms with E-state index in [2.05, 4.69) is 0 Å². The Morgan fingerprint density at radius 3 is 2.45 bits per heavy atom. The zero-order valence-electron chi connectivity index (χ0n) is 11.9. The van der Waals surface area contributed by atoms with Crippen LogP contribution in [0.5, 0.6) is 11.5 Å². The number of hydrogen-bond acceptors (Lipinski definition) is 3. The Kier molecular flexibility index (Phi) is 5.02. The Bertz CT molecular complexity index is 537. The Morgan fingerprint density at radius 1 is 1.05 bits per heavy atom. The van der Waals surface area contributed by atoms with E-state index in [-0.39, 0.29) is 0 Å². The van der Waals surface area contributed by atoms with Crippen LogP contribution in [0, 0.1) is 0 Å². The predicted molar refractivity (Wildman–Crippen MR) is 79.0 cm³/mol. The van der Waals surface area contributed by atoms with Crippen molar-refractivity contribution in [1.82, 2.24) is 0 Å². The number of methoxy groups -OCH3 is 1. The van der Waals surface area contributed by atoms with Crippen LogP contribution < -0.4 is 9.47 Å². The second-order valence-corrected chi connectivity index (χ2v) is 4.61. The van der Waals surface area contributed by atoms with Crippen LogP contribution in [-0.4, -0.2) is 12.2 Å². The molecule has 1 atom stereocenters. The van der Waals surface area contributed by atoms with Crippen molar-refractivity contribution in [2.24, 2.45) is 0 Å². The van der Waals surface area contributed by atoms with E-state index in [0.29, 0.717) is 24.5 Å². The lowest BCUT2D eigenvalue weighted by molar-refractivity contribution is 0.173. The molecule has 0 fully saturated rings. The fourth-order valence-electron chi connectivity index (χ4n) is 1.98. The van der Waals surface area contributed by atoms with Gasteiger partial charge in [0.05, 0.1) is 13.2 Å². The normalized spacial score (nSPS) is 11.9. The molecule has 2 aromatic carbocycles. The highest BCUT2D eigenvalue weighted by Crippen LogP contribution is 2.31. The zero-order valence-corrected chi connectivity index (χ0v) is 11.9. The summed E-state index contributed by atoms with van der Waals surface area (Å²) in [5, 5.41) is 9.85. The van der Waals surface area contributed by atoms with E-state index < -0.39 is 6.10 Å². The molecular weight excluding hydrogens is 252 g/mol. The molecule has 0 aliphatic carbocycles. The van der Waals surface area contributed by atoms with Gasteiger partial charge in [0, 0.05) is 0 Å². The summed E-state index contributed by atoms with van der Waals surface area (Å²) >= 11 is 0. The highest BCUT2D eigenvalue weighted by atomic mass is 16.5. The van der Waals surface area contributed by atoms with E-state index in [1.165, 1.54) is 0 Å². The SMILES string of the molecule is CCC(O)c1ccc(OCc2ccccc2)c(OC)c1. The molecule has 2 rings (SSSR count). The summed E-state index contributed by atoms with van der Waals surface area (Å²) in [6, 6.07) is 15.5. The summed E-state index contributed by atoms with van der Waals surface area (Å²) in [5.74, 6) is 1.33. The summed E-state index contributed by atoms with van der Waals surface area (Å²) in [5.41, 5.74) is 1.95. The maximum absolute atomic E-state index is 9.85. The lowest BCUT2D eigenvalue weighted by Crippen LogP contribution is -2.00. The molecule has 20 heavy (non-hydrogen) atoms. The molecule has 0 bridgehead atoms. The molecule has 3 heteroatoms. The molecule has 0 spiro atoms. The highest BCUT2D eigenvalue weighted by Gasteiger charge is 2.10. The minimum Gasteiger partial charge on any atom is -0.493 e. The molecule has 1 unspecified atom stereocenters. The van der Waals surface area contributed by atoms with Gasteiger partial charge in [-0.15, -0.1) is 0 Å². The first-order valence-corrected chi connectivity index (χ1v) is 6.77. The smallest absolute Gasteiger partial charge is 0.161 e. The molecule has 2 aromatic rings. The van der Waals surface area contributed by atoms with Crippen molar-refractivity contribution in [1.29, 1.82) is 0 Å². The maximum Gasteiger partial charge on any atom is 0.161 e. The quantitative estimate of drug-likeness (QED) is 0.871. The molecular formula is C17H20O3. The first-order chi connectivity index (χ1) is 9.74. The van der Waals surface area contributed by atoms with Gasteiger partial charge in [0.1, 0.15) is 6.61 Å². The van der Waals surface area contributed by atoms with Crippen molar-refractivity contribution in [2.45, 2.75) is 26.1 Å². The molecule has 0 heterocycles. The third-order valence-corrected chi connectivity index (χ3v) is 3.20. The number of aliphatic hydroxyl groups is 1. The average molecular weight is 272 g/mol. The van der Waals surface area contributed by atoms with Gasteiger partial charge >= 0.3 is 0 Å².